The van der Waals surface area contributed by atoms with E-state index in [1.165, 1.54) is 25.0 Å². The van der Waals surface area contributed by atoms with Crippen molar-refractivity contribution in [3.8, 4) is 0 Å². The molecule has 1 saturated heterocycles. The van der Waals surface area contributed by atoms with E-state index in [4.69, 9.17) is 9.84 Å². The molecule has 5 heteroatoms. The summed E-state index contributed by atoms with van der Waals surface area (Å²) in [7, 11) is 0. The molecule has 1 heterocycles. The van der Waals surface area contributed by atoms with Crippen LogP contribution in [-0.2, 0) is 4.74 Å². The van der Waals surface area contributed by atoms with Gasteiger partial charge in [0, 0.05) is 12.1 Å². The average molecular weight is 317 g/mol. The number of benzene rings is 1. The summed E-state index contributed by atoms with van der Waals surface area (Å²) < 4.78 is 6.08. The van der Waals surface area contributed by atoms with Gasteiger partial charge in [-0.1, -0.05) is 31.7 Å². The van der Waals surface area contributed by atoms with Crippen LogP contribution in [0.1, 0.15) is 59.2 Å². The molecule has 0 radical (unpaired) electrons. The molecule has 1 aliphatic carbocycles. The Kier molecular flexibility index (Phi) is 4.66. The van der Waals surface area contributed by atoms with Crippen LogP contribution in [0.25, 0.3) is 0 Å². The predicted molar refractivity (Wildman–Crippen MR) is 85.7 cm³/mol. The number of nitrogens with zero attached hydrogens (tertiary/aromatic N) is 1. The van der Waals surface area contributed by atoms with Crippen LogP contribution in [-0.4, -0.2) is 47.2 Å². The van der Waals surface area contributed by atoms with Crippen molar-refractivity contribution in [1.82, 2.24) is 4.90 Å². The van der Waals surface area contributed by atoms with Crippen molar-refractivity contribution in [2.24, 2.45) is 0 Å². The van der Waals surface area contributed by atoms with Gasteiger partial charge < -0.3 is 14.7 Å². The Morgan fingerprint density at radius 1 is 1.09 bits per heavy atom. The minimum atomic E-state index is -1.01. The minimum Gasteiger partial charge on any atom is -0.478 e. The van der Waals surface area contributed by atoms with Crippen LogP contribution in [0.15, 0.2) is 24.3 Å². The molecule has 3 rings (SSSR count). The van der Waals surface area contributed by atoms with E-state index in [1.54, 1.807) is 12.1 Å². The number of morpholine rings is 1. The average Bonchev–Trinajstić information content (AvgIpc) is 2.80. The van der Waals surface area contributed by atoms with Gasteiger partial charge in [0.1, 0.15) is 0 Å². The molecule has 1 aliphatic heterocycles. The number of aromatic carboxylic acids is 1. The molecule has 1 aromatic rings. The van der Waals surface area contributed by atoms with Gasteiger partial charge in [-0.2, -0.15) is 0 Å². The summed E-state index contributed by atoms with van der Waals surface area (Å²) in [5, 5.41) is 9.09. The highest BCUT2D eigenvalue weighted by molar-refractivity contribution is 5.97. The fourth-order valence-electron chi connectivity index (χ4n) is 3.66. The standard InChI is InChI=1S/C18H23NO4/c20-16(14-6-5-7-15(12-14)17(21)22)19-10-11-23-18(13-19)8-3-1-2-4-9-18/h5-7,12H,1-4,8-11,13H2,(H,21,22). The number of carbonyl (C=O) groups is 2. The lowest BCUT2D eigenvalue weighted by Gasteiger charge is -2.42. The number of ether oxygens (including phenoxy) is 1. The fraction of sp³-hybridized carbons (Fsp3) is 0.556. The van der Waals surface area contributed by atoms with Gasteiger partial charge in [-0.15, -0.1) is 0 Å². The third kappa shape index (κ3) is 3.55. The Labute approximate surface area is 136 Å². The number of carbonyl (C=O) groups excluding carboxylic acids is 1. The highest BCUT2D eigenvalue weighted by atomic mass is 16.5. The van der Waals surface area contributed by atoms with Crippen molar-refractivity contribution < 1.29 is 19.4 Å². The lowest BCUT2D eigenvalue weighted by Crippen LogP contribution is -2.53. The van der Waals surface area contributed by atoms with E-state index in [0.29, 0.717) is 25.3 Å². The van der Waals surface area contributed by atoms with Crippen molar-refractivity contribution >= 4 is 11.9 Å². The van der Waals surface area contributed by atoms with Crippen molar-refractivity contribution in [2.45, 2.75) is 44.1 Å². The lowest BCUT2D eigenvalue weighted by atomic mass is 9.92. The topological polar surface area (TPSA) is 66.8 Å². The van der Waals surface area contributed by atoms with Gasteiger partial charge >= 0.3 is 5.97 Å². The monoisotopic (exact) mass is 317 g/mol. The second kappa shape index (κ2) is 6.71. The number of hydrogen-bond acceptors (Lipinski definition) is 3. The maximum atomic E-state index is 12.8. The molecule has 0 aromatic heterocycles. The summed E-state index contributed by atoms with van der Waals surface area (Å²) in [4.78, 5) is 25.7. The van der Waals surface area contributed by atoms with Crippen LogP contribution in [0.5, 0.6) is 0 Å². The summed E-state index contributed by atoms with van der Waals surface area (Å²) >= 11 is 0. The fourth-order valence-corrected chi connectivity index (χ4v) is 3.66. The zero-order valence-electron chi connectivity index (χ0n) is 13.3. The minimum absolute atomic E-state index is 0.0972. The molecule has 1 aromatic carbocycles. The summed E-state index contributed by atoms with van der Waals surface area (Å²) in [6.07, 6.45) is 6.78. The largest absolute Gasteiger partial charge is 0.478 e. The Morgan fingerprint density at radius 3 is 2.48 bits per heavy atom. The van der Waals surface area contributed by atoms with Crippen LogP contribution in [0.3, 0.4) is 0 Å². The van der Waals surface area contributed by atoms with Crippen molar-refractivity contribution in [1.29, 1.82) is 0 Å². The number of carboxylic acids is 1. The molecule has 2 aliphatic rings. The van der Waals surface area contributed by atoms with Crippen LogP contribution in [0.2, 0.25) is 0 Å². The maximum absolute atomic E-state index is 12.8. The summed E-state index contributed by atoms with van der Waals surface area (Å²) in [6.45, 7) is 1.74. The Bertz CT molecular complexity index is 590. The Morgan fingerprint density at radius 2 is 1.78 bits per heavy atom. The zero-order chi connectivity index (χ0) is 16.3. The molecule has 1 spiro atoms. The highest BCUT2D eigenvalue weighted by Crippen LogP contribution is 2.33. The first kappa shape index (κ1) is 16.0. The highest BCUT2D eigenvalue weighted by Gasteiger charge is 2.38. The van der Waals surface area contributed by atoms with Crippen LogP contribution in [0, 0.1) is 0 Å². The normalized spacial score (nSPS) is 21.0. The molecule has 5 nitrogen and oxygen atoms in total. The van der Waals surface area contributed by atoms with E-state index in [2.05, 4.69) is 0 Å². The molecule has 1 N–H and O–H groups in total. The smallest absolute Gasteiger partial charge is 0.335 e. The quantitative estimate of drug-likeness (QED) is 0.910. The Balaban J connectivity index is 1.76. The summed E-state index contributed by atoms with van der Waals surface area (Å²) in [6, 6.07) is 6.27. The molecule has 1 amide bonds. The number of hydrogen-bond donors (Lipinski definition) is 1. The van der Waals surface area contributed by atoms with Gasteiger partial charge in [0.05, 0.1) is 24.3 Å². The molecule has 23 heavy (non-hydrogen) atoms. The first-order valence-electron chi connectivity index (χ1n) is 8.36. The van der Waals surface area contributed by atoms with Crippen LogP contribution >= 0.6 is 0 Å². The maximum Gasteiger partial charge on any atom is 0.335 e. The van der Waals surface area contributed by atoms with Crippen molar-refractivity contribution in [3.63, 3.8) is 0 Å². The van der Waals surface area contributed by atoms with E-state index in [9.17, 15) is 9.59 Å². The van der Waals surface area contributed by atoms with Gasteiger partial charge in [0.2, 0.25) is 0 Å². The van der Waals surface area contributed by atoms with Crippen molar-refractivity contribution in [3.05, 3.63) is 35.4 Å². The molecule has 2 fully saturated rings. The molecule has 0 unspecified atom stereocenters. The number of carboxylic acid groups (broad SMARTS) is 1. The first-order valence-corrected chi connectivity index (χ1v) is 8.36. The zero-order valence-corrected chi connectivity index (χ0v) is 13.3. The Hall–Kier alpha value is -1.88. The molecule has 0 bridgehead atoms. The van der Waals surface area contributed by atoms with Crippen LogP contribution < -0.4 is 0 Å². The van der Waals surface area contributed by atoms with E-state index in [-0.39, 0.29) is 17.1 Å². The number of amides is 1. The SMILES string of the molecule is O=C(O)c1cccc(C(=O)N2CCOC3(CCCCCC3)C2)c1. The third-order valence-electron chi connectivity index (χ3n) is 4.91. The molecule has 0 atom stereocenters. The van der Waals surface area contributed by atoms with Gasteiger partial charge in [0.15, 0.2) is 0 Å². The van der Waals surface area contributed by atoms with E-state index < -0.39 is 5.97 Å². The molecule has 1 saturated carbocycles. The lowest BCUT2D eigenvalue weighted by molar-refractivity contribution is -0.107. The van der Waals surface area contributed by atoms with E-state index in [1.807, 2.05) is 4.90 Å². The van der Waals surface area contributed by atoms with Crippen molar-refractivity contribution in [2.75, 3.05) is 19.7 Å². The molecular formula is C18H23NO4. The number of rotatable bonds is 2. The second-order valence-corrected chi connectivity index (χ2v) is 6.56. The molecular weight excluding hydrogens is 294 g/mol. The third-order valence-corrected chi connectivity index (χ3v) is 4.91. The van der Waals surface area contributed by atoms with Gasteiger partial charge in [-0.3, -0.25) is 4.79 Å². The molecule has 124 valence electrons. The van der Waals surface area contributed by atoms with Crippen LogP contribution in [0.4, 0.5) is 0 Å². The van der Waals surface area contributed by atoms with E-state index >= 15 is 0 Å². The second-order valence-electron chi connectivity index (χ2n) is 6.56. The summed E-state index contributed by atoms with van der Waals surface area (Å²) in [5.41, 5.74) is 0.387. The van der Waals surface area contributed by atoms with Gasteiger partial charge in [0.25, 0.3) is 5.91 Å². The van der Waals surface area contributed by atoms with Gasteiger partial charge in [-0.25, -0.2) is 4.79 Å². The summed E-state index contributed by atoms with van der Waals surface area (Å²) in [5.74, 6) is -1.11. The first-order chi connectivity index (χ1) is 11.1. The van der Waals surface area contributed by atoms with Gasteiger partial charge in [-0.05, 0) is 31.0 Å². The van der Waals surface area contributed by atoms with E-state index in [0.717, 1.165) is 25.7 Å². The predicted octanol–water partition coefficient (Wildman–Crippen LogP) is 2.95.